The lowest BCUT2D eigenvalue weighted by atomic mass is 10.0. The van der Waals surface area contributed by atoms with Crippen molar-refractivity contribution in [3.8, 4) is 0 Å². The SMILES string of the molecule is CCCCCCCCCCCOP(=O)(O)N1C(CCCCCCCCCC)C1CCCCCCCCCC. The Hall–Kier alpha value is 0.110. The van der Waals surface area contributed by atoms with Gasteiger partial charge in [-0.2, -0.15) is 4.67 Å². The van der Waals surface area contributed by atoms with Gasteiger partial charge < -0.3 is 4.89 Å². The highest BCUT2D eigenvalue weighted by molar-refractivity contribution is 7.50. The fourth-order valence-electron chi connectivity index (χ4n) is 5.98. The van der Waals surface area contributed by atoms with Crippen molar-refractivity contribution in [2.24, 2.45) is 0 Å². The monoisotopic (exact) mass is 557 g/mol. The van der Waals surface area contributed by atoms with Gasteiger partial charge in [-0.3, -0.25) is 4.52 Å². The Balaban J connectivity index is 2.30. The highest BCUT2D eigenvalue weighted by Crippen LogP contribution is 2.60. The number of nitrogens with zero attached hydrogens (tertiary/aromatic N) is 1. The second-order valence-corrected chi connectivity index (χ2v) is 13.9. The van der Waals surface area contributed by atoms with Gasteiger partial charge >= 0.3 is 7.75 Å². The van der Waals surface area contributed by atoms with E-state index in [2.05, 4.69) is 20.8 Å². The topological polar surface area (TPSA) is 49.5 Å². The highest BCUT2D eigenvalue weighted by Gasteiger charge is 2.56. The maximum atomic E-state index is 13.2. The summed E-state index contributed by atoms with van der Waals surface area (Å²) in [7, 11) is -3.65. The molecule has 1 saturated heterocycles. The third-order valence-electron chi connectivity index (χ3n) is 8.54. The predicted octanol–water partition coefficient (Wildman–Crippen LogP) is 11.7. The number of hydrogen-bond acceptors (Lipinski definition) is 2. The van der Waals surface area contributed by atoms with Crippen LogP contribution < -0.4 is 0 Å². The van der Waals surface area contributed by atoms with E-state index in [-0.39, 0.29) is 12.1 Å². The number of rotatable bonds is 30. The molecule has 0 spiro atoms. The van der Waals surface area contributed by atoms with Gasteiger partial charge in [0.2, 0.25) is 0 Å². The second-order valence-electron chi connectivity index (χ2n) is 12.2. The molecule has 3 atom stereocenters. The summed E-state index contributed by atoms with van der Waals surface area (Å²) in [5.41, 5.74) is 0. The summed E-state index contributed by atoms with van der Waals surface area (Å²) in [6.45, 7) is 7.22. The van der Waals surface area contributed by atoms with E-state index in [1.807, 2.05) is 4.67 Å². The number of hydrogen-bond donors (Lipinski definition) is 1. The first kappa shape index (κ1) is 36.1. The first-order valence-electron chi connectivity index (χ1n) is 17.3. The summed E-state index contributed by atoms with van der Waals surface area (Å²) >= 11 is 0. The van der Waals surface area contributed by atoms with Gasteiger partial charge in [0.05, 0.1) is 6.61 Å². The van der Waals surface area contributed by atoms with Crippen LogP contribution in [0, 0.1) is 0 Å². The molecule has 1 N–H and O–H groups in total. The van der Waals surface area contributed by atoms with Crippen molar-refractivity contribution >= 4 is 7.75 Å². The van der Waals surface area contributed by atoms with E-state index in [1.54, 1.807) is 0 Å². The molecule has 1 heterocycles. The molecule has 228 valence electrons. The Labute approximate surface area is 239 Å². The van der Waals surface area contributed by atoms with Crippen LogP contribution in [0.1, 0.15) is 194 Å². The summed E-state index contributed by atoms with van der Waals surface area (Å²) in [6.07, 6.45) is 34.3. The molecule has 0 aromatic carbocycles. The van der Waals surface area contributed by atoms with E-state index in [0.717, 1.165) is 25.7 Å². The van der Waals surface area contributed by atoms with Crippen molar-refractivity contribution in [1.29, 1.82) is 0 Å². The zero-order valence-corrected chi connectivity index (χ0v) is 27.0. The largest absolute Gasteiger partial charge is 0.406 e. The molecular formula is C33H68NO3P. The quantitative estimate of drug-likeness (QED) is 0.0542. The first-order chi connectivity index (χ1) is 18.6. The highest BCUT2D eigenvalue weighted by atomic mass is 31.2. The summed E-state index contributed by atoms with van der Waals surface area (Å²) in [6, 6.07) is 0.525. The summed E-state index contributed by atoms with van der Waals surface area (Å²) in [5.74, 6) is 0. The summed E-state index contributed by atoms with van der Waals surface area (Å²) in [5, 5.41) is 0. The van der Waals surface area contributed by atoms with E-state index >= 15 is 0 Å². The van der Waals surface area contributed by atoms with Crippen molar-refractivity contribution in [1.82, 2.24) is 4.67 Å². The predicted molar refractivity (Wildman–Crippen MR) is 167 cm³/mol. The molecule has 1 rings (SSSR count). The fraction of sp³-hybridized carbons (Fsp3) is 1.00. The van der Waals surface area contributed by atoms with Gasteiger partial charge in [-0.25, -0.2) is 4.57 Å². The average Bonchev–Trinajstić information content (AvgIpc) is 3.62. The van der Waals surface area contributed by atoms with Crippen LogP contribution in [0.5, 0.6) is 0 Å². The van der Waals surface area contributed by atoms with Crippen LogP contribution in [-0.4, -0.2) is 28.3 Å². The zero-order chi connectivity index (χ0) is 27.7. The van der Waals surface area contributed by atoms with Gasteiger partial charge in [0.1, 0.15) is 0 Å². The van der Waals surface area contributed by atoms with Gasteiger partial charge in [-0.15, -0.1) is 0 Å². The Bertz CT molecular complexity index is 532. The van der Waals surface area contributed by atoms with E-state index in [4.69, 9.17) is 4.52 Å². The normalized spacial score (nSPS) is 20.6. The maximum Gasteiger partial charge on any atom is 0.406 e. The van der Waals surface area contributed by atoms with Crippen LogP contribution in [-0.2, 0) is 9.09 Å². The minimum absolute atomic E-state index is 0.263. The molecular weight excluding hydrogens is 489 g/mol. The van der Waals surface area contributed by atoms with Crippen molar-refractivity contribution in [2.45, 2.75) is 206 Å². The first-order valence-corrected chi connectivity index (χ1v) is 18.9. The van der Waals surface area contributed by atoms with Crippen LogP contribution in [0.15, 0.2) is 0 Å². The van der Waals surface area contributed by atoms with Crippen LogP contribution in [0.3, 0.4) is 0 Å². The van der Waals surface area contributed by atoms with Crippen molar-refractivity contribution in [3.63, 3.8) is 0 Å². The molecule has 0 aromatic rings. The molecule has 38 heavy (non-hydrogen) atoms. The molecule has 5 heteroatoms. The lowest BCUT2D eigenvalue weighted by Gasteiger charge is -2.14. The minimum Gasteiger partial charge on any atom is -0.312 e. The molecule has 1 aliphatic rings. The van der Waals surface area contributed by atoms with Gasteiger partial charge in [-0.1, -0.05) is 175 Å². The average molecular weight is 558 g/mol. The molecule has 0 aromatic heterocycles. The van der Waals surface area contributed by atoms with Crippen molar-refractivity contribution in [3.05, 3.63) is 0 Å². The molecule has 1 aliphatic heterocycles. The van der Waals surface area contributed by atoms with E-state index in [1.165, 1.54) is 148 Å². The lowest BCUT2D eigenvalue weighted by Crippen LogP contribution is -2.05. The molecule has 0 radical (unpaired) electrons. The summed E-state index contributed by atoms with van der Waals surface area (Å²) in [4.78, 5) is 10.8. The van der Waals surface area contributed by atoms with Crippen molar-refractivity contribution < 1.29 is 14.0 Å². The van der Waals surface area contributed by atoms with Crippen molar-refractivity contribution in [2.75, 3.05) is 6.61 Å². The molecule has 0 saturated carbocycles. The smallest absolute Gasteiger partial charge is 0.312 e. The molecule has 0 amide bonds. The Morgan fingerprint density at radius 2 is 0.789 bits per heavy atom. The number of unbranched alkanes of at least 4 members (excludes halogenated alkanes) is 22. The van der Waals surface area contributed by atoms with Gasteiger partial charge in [0.15, 0.2) is 0 Å². The Morgan fingerprint density at radius 3 is 1.13 bits per heavy atom. The van der Waals surface area contributed by atoms with E-state index < -0.39 is 7.75 Å². The third-order valence-corrected chi connectivity index (χ3v) is 10.2. The maximum absolute atomic E-state index is 13.2. The molecule has 0 aliphatic carbocycles. The molecule has 3 unspecified atom stereocenters. The zero-order valence-electron chi connectivity index (χ0n) is 26.1. The van der Waals surface area contributed by atoms with E-state index in [9.17, 15) is 9.46 Å². The summed E-state index contributed by atoms with van der Waals surface area (Å²) < 4.78 is 20.7. The Kier molecular flexibility index (Phi) is 23.7. The van der Waals surface area contributed by atoms with Crippen LogP contribution in [0.25, 0.3) is 0 Å². The van der Waals surface area contributed by atoms with Gasteiger partial charge in [0, 0.05) is 12.1 Å². The third kappa shape index (κ3) is 18.5. The van der Waals surface area contributed by atoms with E-state index in [0.29, 0.717) is 6.61 Å². The molecule has 0 bridgehead atoms. The molecule has 1 fully saturated rings. The van der Waals surface area contributed by atoms with Crippen LogP contribution in [0.2, 0.25) is 0 Å². The van der Waals surface area contributed by atoms with Crippen LogP contribution in [0.4, 0.5) is 0 Å². The lowest BCUT2D eigenvalue weighted by molar-refractivity contribution is 0.224. The second kappa shape index (κ2) is 24.9. The minimum atomic E-state index is -3.65. The van der Waals surface area contributed by atoms with Gasteiger partial charge in [-0.05, 0) is 19.3 Å². The molecule has 4 nitrogen and oxygen atoms in total. The van der Waals surface area contributed by atoms with Crippen LogP contribution >= 0.6 is 7.75 Å². The Morgan fingerprint density at radius 1 is 0.500 bits per heavy atom. The fourth-order valence-corrected chi connectivity index (χ4v) is 7.71. The standard InChI is InChI=1S/C33H68NO3P/c1-4-7-10-13-16-19-22-25-28-31-37-38(35,36)34-32(29-26-23-20-17-14-11-8-5-2)33(34)30-27-24-21-18-15-12-9-6-3/h32-33H,4-31H2,1-3H3,(H,35,36). The van der Waals surface area contributed by atoms with Gasteiger partial charge in [0.25, 0.3) is 0 Å².